The highest BCUT2D eigenvalue weighted by molar-refractivity contribution is 5.43. The van der Waals surface area contributed by atoms with Crippen molar-refractivity contribution >= 4 is 0 Å². The molecular formula is C13H10F3N3O2. The van der Waals surface area contributed by atoms with Gasteiger partial charge in [-0.25, -0.2) is 0 Å². The number of alkyl halides is 3. The van der Waals surface area contributed by atoms with Crippen molar-refractivity contribution in [3.05, 3.63) is 41.0 Å². The number of rotatable bonds is 4. The fourth-order valence-electron chi connectivity index (χ4n) is 1.58. The van der Waals surface area contributed by atoms with E-state index < -0.39 is 11.7 Å². The third kappa shape index (κ3) is 3.51. The minimum atomic E-state index is -4.62. The van der Waals surface area contributed by atoms with E-state index >= 15 is 0 Å². The number of hydrogen-bond acceptors (Lipinski definition) is 5. The van der Waals surface area contributed by atoms with Crippen molar-refractivity contribution in [1.82, 2.24) is 10.1 Å². The summed E-state index contributed by atoms with van der Waals surface area (Å²) >= 11 is 0. The normalized spacial score (nSPS) is 11.2. The molecule has 0 saturated carbocycles. The van der Waals surface area contributed by atoms with Crippen molar-refractivity contribution in [3.63, 3.8) is 0 Å². The highest BCUT2D eigenvalue weighted by atomic mass is 19.4. The number of aromatic nitrogens is 2. The van der Waals surface area contributed by atoms with Crippen molar-refractivity contribution in [2.24, 2.45) is 0 Å². The monoisotopic (exact) mass is 297 g/mol. The zero-order valence-electron chi connectivity index (χ0n) is 10.9. The van der Waals surface area contributed by atoms with E-state index in [1.807, 2.05) is 0 Å². The van der Waals surface area contributed by atoms with Crippen LogP contribution < -0.4 is 4.74 Å². The minimum absolute atomic E-state index is 0.0949. The molecule has 0 N–H and O–H groups in total. The van der Waals surface area contributed by atoms with E-state index in [9.17, 15) is 13.2 Å². The van der Waals surface area contributed by atoms with E-state index in [0.717, 1.165) is 12.1 Å². The number of benzene rings is 1. The Balaban J connectivity index is 2.21. The second-order valence-corrected chi connectivity index (χ2v) is 4.07. The van der Waals surface area contributed by atoms with Crippen LogP contribution in [0, 0.1) is 11.3 Å². The Hall–Kier alpha value is -2.56. The molecule has 1 aromatic carbocycles. The summed E-state index contributed by atoms with van der Waals surface area (Å²) in [7, 11) is 0. The van der Waals surface area contributed by atoms with Gasteiger partial charge in [-0.3, -0.25) is 0 Å². The fraction of sp³-hybridized carbons (Fsp3) is 0.308. The van der Waals surface area contributed by atoms with E-state index in [1.54, 1.807) is 13.0 Å². The van der Waals surface area contributed by atoms with Gasteiger partial charge in [0.25, 0.3) is 0 Å². The van der Waals surface area contributed by atoms with Gasteiger partial charge in [0, 0.05) is 6.42 Å². The van der Waals surface area contributed by atoms with E-state index in [4.69, 9.17) is 14.5 Å². The maximum atomic E-state index is 12.9. The van der Waals surface area contributed by atoms with Crippen LogP contribution in [-0.2, 0) is 19.2 Å². The Morgan fingerprint density at radius 3 is 2.71 bits per heavy atom. The highest BCUT2D eigenvalue weighted by Gasteiger charge is 2.34. The van der Waals surface area contributed by atoms with Gasteiger partial charge < -0.3 is 9.26 Å². The largest absolute Gasteiger partial charge is 0.485 e. The SMILES string of the molecule is CCc1nc(COc2ccc(C#N)cc2C(F)(F)F)no1. The highest BCUT2D eigenvalue weighted by Crippen LogP contribution is 2.37. The molecule has 2 rings (SSSR count). The summed E-state index contributed by atoms with van der Waals surface area (Å²) in [6.07, 6.45) is -4.09. The lowest BCUT2D eigenvalue weighted by Gasteiger charge is -2.13. The first kappa shape index (κ1) is 14.8. The van der Waals surface area contributed by atoms with Crippen LogP contribution in [0.1, 0.15) is 29.8 Å². The molecule has 2 aromatic rings. The van der Waals surface area contributed by atoms with Crippen molar-refractivity contribution < 1.29 is 22.4 Å². The summed E-state index contributed by atoms with van der Waals surface area (Å²) in [6.45, 7) is 1.55. The van der Waals surface area contributed by atoms with Crippen LogP contribution in [0.15, 0.2) is 22.7 Å². The summed E-state index contributed by atoms with van der Waals surface area (Å²) in [5.41, 5.74) is -1.11. The van der Waals surface area contributed by atoms with Crippen LogP contribution in [0.5, 0.6) is 5.75 Å². The Morgan fingerprint density at radius 1 is 1.38 bits per heavy atom. The van der Waals surface area contributed by atoms with Gasteiger partial charge in [-0.1, -0.05) is 12.1 Å². The smallest absolute Gasteiger partial charge is 0.420 e. The molecule has 5 nitrogen and oxygen atoms in total. The molecule has 0 bridgehead atoms. The lowest BCUT2D eigenvalue weighted by molar-refractivity contribution is -0.139. The average molecular weight is 297 g/mol. The first-order chi connectivity index (χ1) is 9.94. The van der Waals surface area contributed by atoms with Gasteiger partial charge in [0.1, 0.15) is 5.75 Å². The van der Waals surface area contributed by atoms with Gasteiger partial charge in [-0.05, 0) is 18.2 Å². The molecule has 0 aliphatic carbocycles. The van der Waals surface area contributed by atoms with Crippen LogP contribution >= 0.6 is 0 Å². The Morgan fingerprint density at radius 2 is 2.14 bits per heavy atom. The van der Waals surface area contributed by atoms with E-state index in [0.29, 0.717) is 12.3 Å². The van der Waals surface area contributed by atoms with Gasteiger partial charge in [0.15, 0.2) is 6.61 Å². The number of ether oxygens (including phenoxy) is 1. The molecule has 0 spiro atoms. The van der Waals surface area contributed by atoms with Crippen LogP contribution in [0.3, 0.4) is 0 Å². The second-order valence-electron chi connectivity index (χ2n) is 4.07. The molecule has 0 fully saturated rings. The zero-order chi connectivity index (χ0) is 15.5. The van der Waals surface area contributed by atoms with E-state index in [1.165, 1.54) is 6.07 Å². The summed E-state index contributed by atoms with van der Waals surface area (Å²) in [5.74, 6) is 0.151. The molecule has 110 valence electrons. The molecule has 0 atom stereocenters. The number of hydrogen-bond donors (Lipinski definition) is 0. The minimum Gasteiger partial charge on any atom is -0.485 e. The van der Waals surface area contributed by atoms with Crippen LogP contribution in [0.4, 0.5) is 13.2 Å². The van der Waals surface area contributed by atoms with E-state index in [2.05, 4.69) is 10.1 Å². The lowest BCUT2D eigenvalue weighted by Crippen LogP contribution is -2.09. The lowest BCUT2D eigenvalue weighted by atomic mass is 10.1. The number of nitrogens with zero attached hydrogens (tertiary/aromatic N) is 3. The predicted molar refractivity (Wildman–Crippen MR) is 64.2 cm³/mol. The molecule has 21 heavy (non-hydrogen) atoms. The first-order valence-corrected chi connectivity index (χ1v) is 5.99. The molecule has 8 heteroatoms. The first-order valence-electron chi connectivity index (χ1n) is 5.99. The maximum Gasteiger partial charge on any atom is 0.420 e. The number of nitriles is 1. The molecule has 0 saturated heterocycles. The summed E-state index contributed by atoms with van der Waals surface area (Å²) in [5, 5.41) is 12.2. The average Bonchev–Trinajstić information content (AvgIpc) is 2.92. The Kier molecular flexibility index (Phi) is 4.12. The Bertz CT molecular complexity index is 674. The van der Waals surface area contributed by atoms with Gasteiger partial charge in [0.2, 0.25) is 11.7 Å². The zero-order valence-corrected chi connectivity index (χ0v) is 10.9. The van der Waals surface area contributed by atoms with E-state index in [-0.39, 0.29) is 23.7 Å². The summed E-state index contributed by atoms with van der Waals surface area (Å²) in [4.78, 5) is 3.93. The quantitative estimate of drug-likeness (QED) is 0.867. The maximum absolute atomic E-state index is 12.9. The summed E-state index contributed by atoms with van der Waals surface area (Å²) < 4.78 is 48.7. The molecule has 1 heterocycles. The van der Waals surface area contributed by atoms with Gasteiger partial charge in [0.05, 0.1) is 17.2 Å². The van der Waals surface area contributed by atoms with Crippen molar-refractivity contribution in [1.29, 1.82) is 5.26 Å². The molecule has 0 radical (unpaired) electrons. The fourth-order valence-corrected chi connectivity index (χ4v) is 1.58. The molecule has 0 aliphatic rings. The summed E-state index contributed by atoms with van der Waals surface area (Å²) in [6, 6.07) is 4.74. The van der Waals surface area contributed by atoms with Crippen molar-refractivity contribution in [2.45, 2.75) is 26.1 Å². The van der Waals surface area contributed by atoms with Gasteiger partial charge in [-0.2, -0.15) is 23.4 Å². The third-order valence-corrected chi connectivity index (χ3v) is 2.58. The van der Waals surface area contributed by atoms with Crippen LogP contribution in [0.2, 0.25) is 0 Å². The van der Waals surface area contributed by atoms with Crippen LogP contribution in [0.25, 0.3) is 0 Å². The molecular weight excluding hydrogens is 287 g/mol. The third-order valence-electron chi connectivity index (χ3n) is 2.58. The number of aryl methyl sites for hydroxylation is 1. The molecule has 0 aliphatic heterocycles. The molecule has 0 unspecified atom stereocenters. The number of halogens is 3. The van der Waals surface area contributed by atoms with Gasteiger partial charge in [-0.15, -0.1) is 0 Å². The predicted octanol–water partition coefficient (Wildman–Crippen LogP) is 3.10. The van der Waals surface area contributed by atoms with Crippen molar-refractivity contribution in [2.75, 3.05) is 0 Å². The standard InChI is InChI=1S/C13H10F3N3O2/c1-2-12-18-11(19-21-12)7-20-10-4-3-8(6-17)5-9(10)13(14,15)16/h3-5H,2,7H2,1H3. The Labute approximate surface area is 118 Å². The van der Waals surface area contributed by atoms with Gasteiger partial charge >= 0.3 is 6.18 Å². The molecule has 1 aromatic heterocycles. The second kappa shape index (κ2) is 5.83. The molecule has 0 amide bonds. The van der Waals surface area contributed by atoms with Crippen LogP contribution in [-0.4, -0.2) is 10.1 Å². The topological polar surface area (TPSA) is 71.9 Å². The van der Waals surface area contributed by atoms with Crippen molar-refractivity contribution in [3.8, 4) is 11.8 Å².